The number of fused-ring (bicyclic) bond motifs is 1. The van der Waals surface area contributed by atoms with E-state index in [0.29, 0.717) is 18.0 Å². The van der Waals surface area contributed by atoms with E-state index in [2.05, 4.69) is 0 Å². The van der Waals surface area contributed by atoms with E-state index in [0.717, 1.165) is 0 Å². The molecule has 0 fully saturated rings. The number of hydrogen-bond donors (Lipinski definition) is 1. The van der Waals surface area contributed by atoms with Gasteiger partial charge >= 0.3 is 5.97 Å². The number of carbonyl (C=O) groups is 2. The summed E-state index contributed by atoms with van der Waals surface area (Å²) >= 11 is 0. The maximum absolute atomic E-state index is 11.6. The van der Waals surface area contributed by atoms with E-state index in [-0.39, 0.29) is 17.7 Å². The number of aromatic nitrogens is 1. The number of aryl methyl sites for hydroxylation is 1. The van der Waals surface area contributed by atoms with E-state index in [4.69, 9.17) is 9.84 Å². The van der Waals surface area contributed by atoms with Crippen LogP contribution in [-0.4, -0.2) is 34.2 Å². The summed E-state index contributed by atoms with van der Waals surface area (Å²) < 4.78 is 7.01. The number of carboxylic acids is 1. The van der Waals surface area contributed by atoms with Crippen molar-refractivity contribution in [3.63, 3.8) is 0 Å². The smallest absolute Gasteiger partial charge is 0.354 e. The van der Waals surface area contributed by atoms with E-state index in [1.54, 1.807) is 13.2 Å². The first-order chi connectivity index (χ1) is 7.91. The summed E-state index contributed by atoms with van der Waals surface area (Å²) in [5, 5.41) is 9.16. The lowest BCUT2D eigenvalue weighted by atomic mass is 10.2. The number of ether oxygens (including phenoxy) is 1. The van der Waals surface area contributed by atoms with Gasteiger partial charge in [0.2, 0.25) is 5.91 Å². The molecule has 1 amide bonds. The fraction of sp³-hybridized carbons (Fsp3) is 0.455. The van der Waals surface area contributed by atoms with Crippen molar-refractivity contribution in [3.05, 3.63) is 11.9 Å². The molecule has 6 heteroatoms. The lowest BCUT2D eigenvalue weighted by molar-refractivity contribution is -0.117. The van der Waals surface area contributed by atoms with Crippen molar-refractivity contribution in [2.45, 2.75) is 20.0 Å². The van der Waals surface area contributed by atoms with Crippen molar-refractivity contribution in [1.29, 1.82) is 0 Å². The second kappa shape index (κ2) is 3.80. The number of carboxylic acid groups (broad SMARTS) is 1. The maximum atomic E-state index is 11.6. The van der Waals surface area contributed by atoms with Crippen LogP contribution in [0.5, 0.6) is 5.75 Å². The monoisotopic (exact) mass is 238 g/mol. The van der Waals surface area contributed by atoms with Gasteiger partial charge in [0.1, 0.15) is 11.8 Å². The number of rotatable bonds is 1. The molecule has 0 saturated heterocycles. The zero-order valence-corrected chi connectivity index (χ0v) is 9.93. The number of amides is 1. The normalized spacial score (nSPS) is 18.5. The minimum absolute atomic E-state index is 0.0714. The average molecular weight is 238 g/mol. The lowest BCUT2D eigenvalue weighted by Crippen LogP contribution is -2.41. The van der Waals surface area contributed by atoms with Crippen molar-refractivity contribution in [1.82, 2.24) is 4.57 Å². The molecular formula is C11H14N2O4. The highest BCUT2D eigenvalue weighted by molar-refractivity contribution is 6.02. The summed E-state index contributed by atoms with van der Waals surface area (Å²) in [4.78, 5) is 24.2. The van der Waals surface area contributed by atoms with E-state index < -0.39 is 5.97 Å². The van der Waals surface area contributed by atoms with Crippen molar-refractivity contribution >= 4 is 17.6 Å². The Hall–Kier alpha value is -1.98. The van der Waals surface area contributed by atoms with Crippen LogP contribution in [-0.2, 0) is 11.8 Å². The summed E-state index contributed by atoms with van der Waals surface area (Å²) in [7, 11) is 1.62. The summed E-state index contributed by atoms with van der Waals surface area (Å²) in [6.07, 6.45) is 1.44. The summed E-state index contributed by atoms with van der Waals surface area (Å²) in [6, 6.07) is 0. The minimum Gasteiger partial charge on any atom is -0.485 e. The number of anilines is 1. The average Bonchev–Trinajstić information content (AvgIpc) is 2.51. The van der Waals surface area contributed by atoms with Crippen molar-refractivity contribution in [2.75, 3.05) is 11.4 Å². The van der Waals surface area contributed by atoms with Crippen molar-refractivity contribution in [2.24, 2.45) is 7.05 Å². The molecule has 0 spiro atoms. The van der Waals surface area contributed by atoms with Gasteiger partial charge in [-0.3, -0.25) is 4.79 Å². The quantitative estimate of drug-likeness (QED) is 0.787. The predicted molar refractivity (Wildman–Crippen MR) is 60.5 cm³/mol. The molecule has 6 nitrogen and oxygen atoms in total. The van der Waals surface area contributed by atoms with Crippen LogP contribution >= 0.6 is 0 Å². The first kappa shape index (κ1) is 11.5. The fourth-order valence-corrected chi connectivity index (χ4v) is 2.07. The van der Waals surface area contributed by atoms with E-state index in [9.17, 15) is 9.59 Å². The fourth-order valence-electron chi connectivity index (χ4n) is 2.07. The van der Waals surface area contributed by atoms with Gasteiger partial charge < -0.3 is 19.3 Å². The summed E-state index contributed by atoms with van der Waals surface area (Å²) in [6.45, 7) is 3.62. The Kier molecular flexibility index (Phi) is 2.57. The topological polar surface area (TPSA) is 71.8 Å². The van der Waals surface area contributed by atoms with Gasteiger partial charge in [-0.05, 0) is 6.92 Å². The molecule has 0 aromatic carbocycles. The number of hydrogen-bond acceptors (Lipinski definition) is 3. The van der Waals surface area contributed by atoms with Crippen LogP contribution in [0.4, 0.5) is 5.69 Å². The van der Waals surface area contributed by atoms with E-state index in [1.165, 1.54) is 16.4 Å². The third kappa shape index (κ3) is 1.75. The van der Waals surface area contributed by atoms with Crippen LogP contribution in [0, 0.1) is 0 Å². The third-order valence-corrected chi connectivity index (χ3v) is 2.74. The molecule has 1 N–H and O–H groups in total. The highest BCUT2D eigenvalue weighted by Crippen LogP contribution is 2.38. The Balaban J connectivity index is 2.61. The SMILES string of the molecule is CC(=O)N1CC(C)Oc2cn(C)c(C(=O)O)c21. The van der Waals surface area contributed by atoms with Gasteiger partial charge in [-0.2, -0.15) is 0 Å². The second-order valence-corrected chi connectivity index (χ2v) is 4.16. The molecule has 1 aromatic rings. The van der Waals surface area contributed by atoms with Crippen molar-refractivity contribution < 1.29 is 19.4 Å². The summed E-state index contributed by atoms with van der Waals surface area (Å²) in [5.41, 5.74) is 0.424. The molecule has 2 heterocycles. The molecule has 17 heavy (non-hydrogen) atoms. The van der Waals surface area contributed by atoms with Crippen LogP contribution < -0.4 is 9.64 Å². The van der Waals surface area contributed by atoms with Crippen LogP contribution in [0.3, 0.4) is 0 Å². The molecule has 0 radical (unpaired) electrons. The van der Waals surface area contributed by atoms with Gasteiger partial charge in [-0.1, -0.05) is 0 Å². The number of carbonyl (C=O) groups excluding carboxylic acids is 1. The first-order valence-corrected chi connectivity index (χ1v) is 5.29. The second-order valence-electron chi connectivity index (χ2n) is 4.16. The Morgan fingerprint density at radius 3 is 2.71 bits per heavy atom. The van der Waals surface area contributed by atoms with Gasteiger partial charge in [0.25, 0.3) is 0 Å². The molecule has 1 atom stereocenters. The highest BCUT2D eigenvalue weighted by Gasteiger charge is 2.33. The molecule has 0 saturated carbocycles. The van der Waals surface area contributed by atoms with Gasteiger partial charge in [0.05, 0.1) is 6.54 Å². The van der Waals surface area contributed by atoms with Crippen LogP contribution in [0.1, 0.15) is 24.3 Å². The Morgan fingerprint density at radius 2 is 2.18 bits per heavy atom. The maximum Gasteiger partial charge on any atom is 0.354 e. The van der Waals surface area contributed by atoms with Crippen molar-refractivity contribution in [3.8, 4) is 5.75 Å². The molecule has 1 aliphatic rings. The molecule has 1 aromatic heterocycles. The molecule has 1 unspecified atom stereocenters. The van der Waals surface area contributed by atoms with E-state index >= 15 is 0 Å². The van der Waals surface area contributed by atoms with Gasteiger partial charge in [-0.25, -0.2) is 4.79 Å². The molecular weight excluding hydrogens is 224 g/mol. The number of aromatic carboxylic acids is 1. The van der Waals surface area contributed by atoms with Crippen LogP contribution in [0.15, 0.2) is 6.20 Å². The highest BCUT2D eigenvalue weighted by atomic mass is 16.5. The Morgan fingerprint density at radius 1 is 1.53 bits per heavy atom. The minimum atomic E-state index is -1.07. The standard InChI is InChI=1S/C11H14N2O4/c1-6-4-13(7(2)14)9-8(17-6)5-12(3)10(9)11(15)16/h5-6H,4H2,1-3H3,(H,15,16). The Labute approximate surface area is 98.4 Å². The molecule has 0 aliphatic carbocycles. The predicted octanol–water partition coefficient (Wildman–Crippen LogP) is 0.857. The van der Waals surface area contributed by atoms with Gasteiger partial charge in [0, 0.05) is 20.2 Å². The third-order valence-electron chi connectivity index (χ3n) is 2.74. The Bertz CT molecular complexity index is 492. The van der Waals surface area contributed by atoms with Crippen LogP contribution in [0.2, 0.25) is 0 Å². The lowest BCUT2D eigenvalue weighted by Gasteiger charge is -2.31. The van der Waals surface area contributed by atoms with E-state index in [1.807, 2.05) is 6.92 Å². The largest absolute Gasteiger partial charge is 0.485 e. The zero-order chi connectivity index (χ0) is 12.7. The van der Waals surface area contributed by atoms with Gasteiger partial charge in [0.15, 0.2) is 11.4 Å². The molecule has 0 bridgehead atoms. The van der Waals surface area contributed by atoms with Crippen LogP contribution in [0.25, 0.3) is 0 Å². The summed E-state index contributed by atoms with van der Waals surface area (Å²) in [5.74, 6) is -0.813. The van der Waals surface area contributed by atoms with Gasteiger partial charge in [-0.15, -0.1) is 0 Å². The molecule has 2 rings (SSSR count). The molecule has 1 aliphatic heterocycles. The zero-order valence-electron chi connectivity index (χ0n) is 9.93. The first-order valence-electron chi connectivity index (χ1n) is 5.29. The number of nitrogens with zero attached hydrogens (tertiary/aromatic N) is 2. The molecule has 92 valence electrons.